The molecule has 0 aliphatic carbocycles. The number of carbonyl (C=O) groups excluding carboxylic acids is 1. The zero-order valence-electron chi connectivity index (χ0n) is 11.4. The molecule has 0 saturated carbocycles. The van der Waals surface area contributed by atoms with Crippen molar-refractivity contribution in [3.63, 3.8) is 0 Å². The van der Waals surface area contributed by atoms with Gasteiger partial charge in [0.15, 0.2) is 0 Å². The highest BCUT2D eigenvalue weighted by molar-refractivity contribution is 7.20. The molecule has 1 atom stereocenters. The zero-order valence-corrected chi connectivity index (χ0v) is 12.3. The first-order valence-electron chi connectivity index (χ1n) is 6.52. The van der Waals surface area contributed by atoms with Crippen LogP contribution in [0.15, 0.2) is 6.07 Å². The van der Waals surface area contributed by atoms with Crippen LogP contribution in [0.25, 0.3) is 10.2 Å². The van der Waals surface area contributed by atoms with Crippen molar-refractivity contribution in [1.29, 1.82) is 0 Å². The third kappa shape index (κ3) is 2.04. The monoisotopic (exact) mass is 278 g/mol. The fourth-order valence-corrected chi connectivity index (χ4v) is 3.67. The topological polar surface area (TPSA) is 50.2 Å². The number of hydrogen-bond acceptors (Lipinski definition) is 4. The molecule has 1 aliphatic heterocycles. The van der Waals surface area contributed by atoms with Gasteiger partial charge in [0.25, 0.3) is 5.91 Å². The van der Waals surface area contributed by atoms with E-state index in [0.717, 1.165) is 40.4 Å². The average Bonchev–Trinajstić information content (AvgIpc) is 2.92. The molecule has 3 rings (SSSR count). The number of carbonyl (C=O) groups is 1. The van der Waals surface area contributed by atoms with Gasteiger partial charge in [-0.2, -0.15) is 5.10 Å². The molecule has 0 bridgehead atoms. The van der Waals surface area contributed by atoms with Gasteiger partial charge in [-0.25, -0.2) is 0 Å². The smallest absolute Gasteiger partial charge is 0.264 e. The van der Waals surface area contributed by atoms with E-state index in [-0.39, 0.29) is 11.9 Å². The van der Waals surface area contributed by atoms with Gasteiger partial charge in [0.1, 0.15) is 4.83 Å². The van der Waals surface area contributed by atoms with E-state index in [1.807, 2.05) is 29.6 Å². The molecule has 1 saturated heterocycles. The van der Waals surface area contributed by atoms with Crippen LogP contribution < -0.4 is 5.32 Å². The summed E-state index contributed by atoms with van der Waals surface area (Å²) < 4.78 is 1.85. The molecule has 0 spiro atoms. The van der Waals surface area contributed by atoms with Crippen molar-refractivity contribution < 1.29 is 4.79 Å². The molecule has 1 N–H and O–H groups in total. The molecule has 3 heterocycles. The van der Waals surface area contributed by atoms with Crippen LogP contribution >= 0.6 is 11.3 Å². The van der Waals surface area contributed by atoms with Gasteiger partial charge in [0, 0.05) is 38.1 Å². The van der Waals surface area contributed by atoms with E-state index in [2.05, 4.69) is 17.3 Å². The molecular formula is C13H18N4OS. The molecule has 6 heteroatoms. The van der Waals surface area contributed by atoms with Gasteiger partial charge in [-0.05, 0) is 19.9 Å². The normalized spacial score (nSPS) is 20.2. The second kappa shape index (κ2) is 4.61. The van der Waals surface area contributed by atoms with Gasteiger partial charge >= 0.3 is 0 Å². The lowest BCUT2D eigenvalue weighted by Crippen LogP contribution is -2.52. The van der Waals surface area contributed by atoms with Gasteiger partial charge < -0.3 is 10.2 Å². The van der Waals surface area contributed by atoms with Gasteiger partial charge in [0.05, 0.1) is 10.6 Å². The zero-order chi connectivity index (χ0) is 13.6. The fourth-order valence-electron chi connectivity index (χ4n) is 2.59. The molecule has 102 valence electrons. The van der Waals surface area contributed by atoms with Crippen molar-refractivity contribution in [1.82, 2.24) is 20.0 Å². The molecule has 1 aliphatic rings. The van der Waals surface area contributed by atoms with E-state index in [4.69, 9.17) is 0 Å². The Bertz CT molecular complexity index is 595. The number of thiophene rings is 1. The van der Waals surface area contributed by atoms with E-state index >= 15 is 0 Å². The van der Waals surface area contributed by atoms with Crippen molar-refractivity contribution in [2.24, 2.45) is 7.05 Å². The van der Waals surface area contributed by atoms with Gasteiger partial charge in [-0.15, -0.1) is 11.3 Å². The standard InChI is InChI=1S/C13H18N4OS/c1-8-7-14-4-5-17(8)12(18)11-6-10-9(2)15-16(3)13(10)19-11/h6,8,14H,4-5,7H2,1-3H3/t8-/m0/s1. The van der Waals surface area contributed by atoms with Crippen LogP contribution in [0, 0.1) is 6.92 Å². The summed E-state index contributed by atoms with van der Waals surface area (Å²) in [5.41, 5.74) is 0.987. The van der Waals surface area contributed by atoms with Crippen LogP contribution in [0.1, 0.15) is 22.3 Å². The Morgan fingerprint density at radius 1 is 1.58 bits per heavy atom. The SMILES string of the molecule is Cc1nn(C)c2sc(C(=O)N3CCNC[C@@H]3C)cc12. The van der Waals surface area contributed by atoms with E-state index < -0.39 is 0 Å². The summed E-state index contributed by atoms with van der Waals surface area (Å²) in [6.45, 7) is 6.60. The summed E-state index contributed by atoms with van der Waals surface area (Å²) >= 11 is 1.54. The Morgan fingerprint density at radius 3 is 3.05 bits per heavy atom. The second-order valence-electron chi connectivity index (χ2n) is 5.09. The van der Waals surface area contributed by atoms with Crippen LogP contribution in [-0.2, 0) is 7.05 Å². The lowest BCUT2D eigenvalue weighted by molar-refractivity contribution is 0.0661. The van der Waals surface area contributed by atoms with Crippen LogP contribution in [0.2, 0.25) is 0 Å². The van der Waals surface area contributed by atoms with Gasteiger partial charge in [0.2, 0.25) is 0 Å². The van der Waals surface area contributed by atoms with Crippen molar-refractivity contribution in [2.75, 3.05) is 19.6 Å². The molecule has 1 amide bonds. The van der Waals surface area contributed by atoms with Crippen LogP contribution in [0.3, 0.4) is 0 Å². The van der Waals surface area contributed by atoms with Crippen molar-refractivity contribution in [2.45, 2.75) is 19.9 Å². The molecule has 2 aromatic heterocycles. The highest BCUT2D eigenvalue weighted by Gasteiger charge is 2.26. The first-order valence-corrected chi connectivity index (χ1v) is 7.34. The molecule has 2 aromatic rings. The van der Waals surface area contributed by atoms with E-state index in [1.165, 1.54) is 11.3 Å². The minimum absolute atomic E-state index is 0.148. The minimum atomic E-state index is 0.148. The second-order valence-corrected chi connectivity index (χ2v) is 6.12. The number of fused-ring (bicyclic) bond motifs is 1. The van der Waals surface area contributed by atoms with Crippen LogP contribution in [0.4, 0.5) is 0 Å². The van der Waals surface area contributed by atoms with E-state index in [9.17, 15) is 4.79 Å². The summed E-state index contributed by atoms with van der Waals surface area (Å²) in [6, 6.07) is 2.24. The molecule has 19 heavy (non-hydrogen) atoms. The first-order chi connectivity index (χ1) is 9.08. The number of rotatable bonds is 1. The fraction of sp³-hybridized carbons (Fsp3) is 0.538. The summed E-state index contributed by atoms with van der Waals surface area (Å²) in [4.78, 5) is 16.4. The minimum Gasteiger partial charge on any atom is -0.333 e. The third-order valence-corrected chi connectivity index (χ3v) is 4.86. The Morgan fingerprint density at radius 2 is 2.37 bits per heavy atom. The highest BCUT2D eigenvalue weighted by atomic mass is 32.1. The predicted octanol–water partition coefficient (Wildman–Crippen LogP) is 1.38. The Kier molecular flexibility index (Phi) is 3.06. The average molecular weight is 278 g/mol. The first kappa shape index (κ1) is 12.6. The molecule has 0 radical (unpaired) electrons. The van der Waals surface area contributed by atoms with Crippen LogP contribution in [-0.4, -0.2) is 46.3 Å². The van der Waals surface area contributed by atoms with Gasteiger partial charge in [-0.1, -0.05) is 0 Å². The quantitative estimate of drug-likeness (QED) is 0.857. The van der Waals surface area contributed by atoms with Crippen molar-refractivity contribution in [3.8, 4) is 0 Å². The summed E-state index contributed by atoms with van der Waals surface area (Å²) in [6.07, 6.45) is 0. The molecule has 0 aromatic carbocycles. The lowest BCUT2D eigenvalue weighted by Gasteiger charge is -2.33. The van der Waals surface area contributed by atoms with Crippen molar-refractivity contribution >= 4 is 27.5 Å². The Hall–Kier alpha value is -1.40. The highest BCUT2D eigenvalue weighted by Crippen LogP contribution is 2.29. The lowest BCUT2D eigenvalue weighted by atomic mass is 10.2. The van der Waals surface area contributed by atoms with Crippen LogP contribution in [0.5, 0.6) is 0 Å². The van der Waals surface area contributed by atoms with Crippen molar-refractivity contribution in [3.05, 3.63) is 16.6 Å². The largest absolute Gasteiger partial charge is 0.333 e. The third-order valence-electron chi connectivity index (χ3n) is 3.67. The summed E-state index contributed by atoms with van der Waals surface area (Å²) in [7, 11) is 1.92. The number of aromatic nitrogens is 2. The molecule has 0 unspecified atom stereocenters. The Labute approximate surface area is 116 Å². The Balaban J connectivity index is 1.95. The van der Waals surface area contributed by atoms with E-state index in [1.54, 1.807) is 0 Å². The number of nitrogens with one attached hydrogen (secondary N) is 1. The number of aryl methyl sites for hydroxylation is 2. The maximum atomic E-state index is 12.6. The molecule has 5 nitrogen and oxygen atoms in total. The summed E-state index contributed by atoms with van der Waals surface area (Å²) in [5.74, 6) is 0.148. The van der Waals surface area contributed by atoms with Gasteiger partial charge in [-0.3, -0.25) is 9.48 Å². The predicted molar refractivity (Wildman–Crippen MR) is 76.7 cm³/mol. The maximum absolute atomic E-state index is 12.6. The summed E-state index contributed by atoms with van der Waals surface area (Å²) in [5, 5.41) is 8.77. The number of hydrogen-bond donors (Lipinski definition) is 1. The maximum Gasteiger partial charge on any atom is 0.264 e. The number of amides is 1. The number of piperazine rings is 1. The van der Waals surface area contributed by atoms with E-state index in [0.29, 0.717) is 0 Å². The molecular weight excluding hydrogens is 260 g/mol. The molecule has 1 fully saturated rings. The number of nitrogens with zero attached hydrogens (tertiary/aromatic N) is 3.